The Morgan fingerprint density at radius 1 is 1.29 bits per heavy atom. The van der Waals surface area contributed by atoms with Gasteiger partial charge in [-0.15, -0.1) is 0 Å². The Balaban J connectivity index is 1.65. The van der Waals surface area contributed by atoms with E-state index in [0.29, 0.717) is 37.8 Å². The SMILES string of the molecule is CC1=C(O)/C(=C/[C@@H](C)CCC/C(C)=C/CCC(C)(O)CCCC2=CCN(CC(=O)O)C2=O)OC1=O. The second-order valence-corrected chi connectivity index (χ2v) is 10.0. The van der Waals surface area contributed by atoms with Crippen LogP contribution in [0.25, 0.3) is 0 Å². The van der Waals surface area contributed by atoms with Crippen molar-refractivity contribution in [2.24, 2.45) is 5.92 Å². The zero-order valence-corrected chi connectivity index (χ0v) is 21.3. The Morgan fingerprint density at radius 2 is 2.00 bits per heavy atom. The van der Waals surface area contributed by atoms with Gasteiger partial charge in [-0.3, -0.25) is 9.59 Å². The molecule has 0 radical (unpaired) electrons. The Hall–Kier alpha value is -2.87. The molecule has 1 amide bonds. The van der Waals surface area contributed by atoms with E-state index in [0.717, 1.165) is 25.7 Å². The number of aliphatic carboxylic acids is 1. The molecular formula is C27H39NO7. The summed E-state index contributed by atoms with van der Waals surface area (Å²) in [5.74, 6) is -1.39. The third-order valence-corrected chi connectivity index (χ3v) is 6.55. The molecule has 0 spiro atoms. The van der Waals surface area contributed by atoms with Crippen LogP contribution in [0.1, 0.15) is 79.1 Å². The normalized spacial score (nSPS) is 20.4. The highest BCUT2D eigenvalue weighted by Crippen LogP contribution is 2.27. The van der Waals surface area contributed by atoms with Gasteiger partial charge in [-0.1, -0.05) is 24.6 Å². The number of ether oxygens (including phenoxy) is 1. The van der Waals surface area contributed by atoms with Crippen LogP contribution >= 0.6 is 0 Å². The minimum Gasteiger partial charge on any atom is -0.504 e. The number of carbonyl (C=O) groups is 3. The molecule has 0 fully saturated rings. The third-order valence-electron chi connectivity index (χ3n) is 6.55. The van der Waals surface area contributed by atoms with Gasteiger partial charge in [0.1, 0.15) is 6.54 Å². The molecule has 0 bridgehead atoms. The van der Waals surface area contributed by atoms with Crippen molar-refractivity contribution in [1.29, 1.82) is 0 Å². The van der Waals surface area contributed by atoms with Gasteiger partial charge in [0, 0.05) is 12.1 Å². The van der Waals surface area contributed by atoms with E-state index in [1.165, 1.54) is 10.5 Å². The van der Waals surface area contributed by atoms with Crippen LogP contribution in [0, 0.1) is 5.92 Å². The zero-order chi connectivity index (χ0) is 26.2. The van der Waals surface area contributed by atoms with Gasteiger partial charge in [0.05, 0.1) is 11.2 Å². The smallest absolute Gasteiger partial charge is 0.343 e. The fourth-order valence-electron chi connectivity index (χ4n) is 4.28. The summed E-state index contributed by atoms with van der Waals surface area (Å²) in [4.78, 5) is 35.8. The van der Waals surface area contributed by atoms with Crippen LogP contribution < -0.4 is 0 Å². The number of allylic oxidation sites excluding steroid dienone is 3. The molecule has 8 nitrogen and oxygen atoms in total. The summed E-state index contributed by atoms with van der Waals surface area (Å²) in [6.07, 6.45) is 11.7. The number of cyclic esters (lactones) is 1. The van der Waals surface area contributed by atoms with Crippen molar-refractivity contribution in [3.05, 3.63) is 46.5 Å². The van der Waals surface area contributed by atoms with Crippen molar-refractivity contribution in [1.82, 2.24) is 4.90 Å². The first-order valence-electron chi connectivity index (χ1n) is 12.3. The molecule has 8 heteroatoms. The lowest BCUT2D eigenvalue weighted by Crippen LogP contribution is -2.32. The summed E-state index contributed by atoms with van der Waals surface area (Å²) in [6, 6.07) is 0. The Bertz CT molecular complexity index is 939. The number of carbonyl (C=O) groups excluding carboxylic acids is 2. The van der Waals surface area contributed by atoms with Crippen molar-refractivity contribution in [2.75, 3.05) is 13.1 Å². The van der Waals surface area contributed by atoms with Gasteiger partial charge in [-0.25, -0.2) is 4.79 Å². The van der Waals surface area contributed by atoms with Crippen molar-refractivity contribution in [3.8, 4) is 0 Å². The number of carboxylic acids is 1. The summed E-state index contributed by atoms with van der Waals surface area (Å²) < 4.78 is 5.07. The summed E-state index contributed by atoms with van der Waals surface area (Å²) in [7, 11) is 0. The number of hydrogen-bond acceptors (Lipinski definition) is 6. The van der Waals surface area contributed by atoms with E-state index >= 15 is 0 Å². The lowest BCUT2D eigenvalue weighted by molar-refractivity contribution is -0.142. The molecule has 2 aliphatic rings. The van der Waals surface area contributed by atoms with Gasteiger partial charge >= 0.3 is 11.9 Å². The third kappa shape index (κ3) is 9.02. The number of aliphatic hydroxyl groups excluding tert-OH is 1. The average Bonchev–Trinajstić information content (AvgIpc) is 3.21. The summed E-state index contributed by atoms with van der Waals surface area (Å²) >= 11 is 0. The Kier molecular flexibility index (Phi) is 10.3. The van der Waals surface area contributed by atoms with Crippen LogP contribution in [0.2, 0.25) is 0 Å². The van der Waals surface area contributed by atoms with E-state index in [1.54, 1.807) is 19.1 Å². The zero-order valence-electron chi connectivity index (χ0n) is 21.3. The minimum absolute atomic E-state index is 0.0725. The van der Waals surface area contributed by atoms with Crippen LogP contribution in [-0.4, -0.2) is 56.8 Å². The van der Waals surface area contributed by atoms with Crippen molar-refractivity contribution in [2.45, 2.75) is 84.7 Å². The molecule has 0 saturated heterocycles. The molecule has 0 aliphatic carbocycles. The van der Waals surface area contributed by atoms with E-state index in [4.69, 9.17) is 9.84 Å². The lowest BCUT2D eigenvalue weighted by atomic mass is 9.91. The van der Waals surface area contributed by atoms with E-state index in [9.17, 15) is 24.6 Å². The van der Waals surface area contributed by atoms with Gasteiger partial charge in [-0.05, 0) is 84.1 Å². The molecule has 1 unspecified atom stereocenters. The first-order valence-corrected chi connectivity index (χ1v) is 12.3. The first kappa shape index (κ1) is 28.4. The van der Waals surface area contributed by atoms with Crippen LogP contribution in [0.5, 0.6) is 0 Å². The monoisotopic (exact) mass is 489 g/mol. The fraction of sp³-hybridized carbons (Fsp3) is 0.593. The summed E-state index contributed by atoms with van der Waals surface area (Å²) in [5, 5.41) is 29.5. The van der Waals surface area contributed by atoms with E-state index in [2.05, 4.69) is 13.0 Å². The van der Waals surface area contributed by atoms with Gasteiger partial charge in [0.2, 0.25) is 5.91 Å². The standard InChI is InChI=1S/C27H39NO7/c1-18(8-5-9-19(2)16-22-24(31)20(3)26(33)35-22)10-6-13-27(4,34)14-7-11-21-12-15-28(25(21)32)17-23(29)30/h10,12,16,19,31,34H,5-9,11,13-15,17H2,1-4H3,(H,29,30)/b18-10+,22-16-/t19-,27?/m0/s1. The van der Waals surface area contributed by atoms with E-state index in [-0.39, 0.29) is 35.5 Å². The number of carboxylic acid groups (broad SMARTS) is 1. The van der Waals surface area contributed by atoms with E-state index in [1.807, 2.05) is 13.8 Å². The molecule has 0 aromatic carbocycles. The van der Waals surface area contributed by atoms with Crippen LogP contribution in [0.3, 0.4) is 0 Å². The predicted octanol–water partition coefficient (Wildman–Crippen LogP) is 4.57. The van der Waals surface area contributed by atoms with Crippen molar-refractivity contribution in [3.63, 3.8) is 0 Å². The number of esters is 1. The minimum atomic E-state index is -1.02. The molecule has 35 heavy (non-hydrogen) atoms. The molecule has 3 N–H and O–H groups in total. The van der Waals surface area contributed by atoms with E-state index < -0.39 is 17.5 Å². The summed E-state index contributed by atoms with van der Waals surface area (Å²) in [6.45, 7) is 7.51. The Labute approximate surface area is 207 Å². The first-order chi connectivity index (χ1) is 16.4. The topological polar surface area (TPSA) is 124 Å². The molecule has 194 valence electrons. The van der Waals surface area contributed by atoms with Crippen molar-refractivity contribution < 1.29 is 34.4 Å². The van der Waals surface area contributed by atoms with Gasteiger partial charge in [-0.2, -0.15) is 0 Å². The number of nitrogens with zero attached hydrogens (tertiary/aromatic N) is 1. The maximum atomic E-state index is 12.2. The predicted molar refractivity (Wildman–Crippen MR) is 132 cm³/mol. The van der Waals surface area contributed by atoms with Gasteiger partial charge in [0.15, 0.2) is 11.5 Å². The maximum absolute atomic E-state index is 12.2. The summed E-state index contributed by atoms with van der Waals surface area (Å²) in [5.41, 5.74) is 1.30. The highest BCUT2D eigenvalue weighted by molar-refractivity contribution is 5.97. The fourth-order valence-corrected chi connectivity index (χ4v) is 4.28. The second-order valence-electron chi connectivity index (χ2n) is 10.0. The largest absolute Gasteiger partial charge is 0.504 e. The van der Waals surface area contributed by atoms with Crippen LogP contribution in [0.15, 0.2) is 46.5 Å². The number of aliphatic hydroxyl groups is 2. The second kappa shape index (κ2) is 12.7. The highest BCUT2D eigenvalue weighted by Gasteiger charge is 2.27. The maximum Gasteiger partial charge on any atom is 0.343 e. The quantitative estimate of drug-likeness (QED) is 0.241. The number of hydrogen-bond donors (Lipinski definition) is 3. The average molecular weight is 490 g/mol. The molecular weight excluding hydrogens is 450 g/mol. The Morgan fingerprint density at radius 3 is 2.63 bits per heavy atom. The molecule has 0 aromatic rings. The molecule has 2 heterocycles. The molecule has 2 atom stereocenters. The number of rotatable bonds is 14. The van der Waals surface area contributed by atoms with Crippen LogP contribution in [0.4, 0.5) is 0 Å². The molecule has 0 saturated carbocycles. The van der Waals surface area contributed by atoms with Gasteiger partial charge < -0.3 is 25.0 Å². The lowest BCUT2D eigenvalue weighted by Gasteiger charge is -2.23. The number of amides is 1. The highest BCUT2D eigenvalue weighted by atomic mass is 16.6. The van der Waals surface area contributed by atoms with Crippen molar-refractivity contribution >= 4 is 17.8 Å². The van der Waals surface area contributed by atoms with Gasteiger partial charge in [0.25, 0.3) is 0 Å². The van der Waals surface area contributed by atoms with Crippen LogP contribution in [-0.2, 0) is 19.1 Å². The molecule has 2 aliphatic heterocycles. The molecule has 2 rings (SSSR count). The molecule has 0 aromatic heterocycles.